The van der Waals surface area contributed by atoms with Crippen LogP contribution in [0.5, 0.6) is 0 Å². The van der Waals surface area contributed by atoms with Gasteiger partial charge in [0.2, 0.25) is 0 Å². The summed E-state index contributed by atoms with van der Waals surface area (Å²) in [5.41, 5.74) is 0. The van der Waals surface area contributed by atoms with Gasteiger partial charge in [-0.1, -0.05) is 25.6 Å². The van der Waals surface area contributed by atoms with E-state index in [-0.39, 0.29) is 0 Å². The predicted octanol–water partition coefficient (Wildman–Crippen LogP) is 2.52. The highest BCUT2D eigenvalue weighted by atomic mass is 32.2. The van der Waals surface area contributed by atoms with Crippen molar-refractivity contribution >= 4 is 11.8 Å². The topological polar surface area (TPSA) is 40.7 Å². The summed E-state index contributed by atoms with van der Waals surface area (Å²) in [5, 5.41) is 5.14. The molecule has 2 N–H and O–H groups in total. The second-order valence-corrected chi connectivity index (χ2v) is 6.09. The molecule has 3 nitrogen and oxygen atoms in total. The third kappa shape index (κ3) is 2.61. The van der Waals surface area contributed by atoms with Gasteiger partial charge in [0.05, 0.1) is 0 Å². The van der Waals surface area contributed by atoms with E-state index in [1.165, 1.54) is 12.8 Å². The molecule has 0 bridgehead atoms. The first kappa shape index (κ1) is 12.0. The van der Waals surface area contributed by atoms with E-state index in [9.17, 15) is 0 Å². The van der Waals surface area contributed by atoms with Crippen molar-refractivity contribution in [1.82, 2.24) is 15.3 Å². The first-order chi connectivity index (χ1) is 7.70. The minimum atomic E-state index is 0.605. The van der Waals surface area contributed by atoms with Crippen LogP contribution in [0.2, 0.25) is 0 Å². The molecule has 1 aliphatic carbocycles. The van der Waals surface area contributed by atoms with E-state index in [4.69, 9.17) is 0 Å². The number of aromatic amines is 1. The predicted molar refractivity (Wildman–Crippen MR) is 68.6 cm³/mol. The van der Waals surface area contributed by atoms with Crippen LogP contribution in [0.15, 0.2) is 17.6 Å². The highest BCUT2D eigenvalue weighted by Crippen LogP contribution is 2.38. The van der Waals surface area contributed by atoms with Gasteiger partial charge < -0.3 is 10.3 Å². The fourth-order valence-electron chi connectivity index (χ4n) is 2.75. The second-order valence-electron chi connectivity index (χ2n) is 4.93. The monoisotopic (exact) mass is 239 g/mol. The Morgan fingerprint density at radius 2 is 2.25 bits per heavy atom. The van der Waals surface area contributed by atoms with Crippen molar-refractivity contribution in [3.63, 3.8) is 0 Å². The zero-order valence-electron chi connectivity index (χ0n) is 10.2. The molecule has 1 saturated carbocycles. The molecule has 4 heteroatoms. The first-order valence-electron chi connectivity index (χ1n) is 6.04. The number of aromatic nitrogens is 2. The Labute approximate surface area is 102 Å². The number of imidazole rings is 1. The molecule has 90 valence electrons. The summed E-state index contributed by atoms with van der Waals surface area (Å²) in [6.07, 6.45) is 6.33. The number of thioether (sulfide) groups is 1. The molecule has 2 rings (SSSR count). The van der Waals surface area contributed by atoms with Crippen molar-refractivity contribution < 1.29 is 0 Å². The van der Waals surface area contributed by atoms with E-state index in [2.05, 4.69) is 36.2 Å². The van der Waals surface area contributed by atoms with Crippen LogP contribution in [0.4, 0.5) is 0 Å². The molecular formula is C12H21N3S. The quantitative estimate of drug-likeness (QED) is 0.851. The van der Waals surface area contributed by atoms with Gasteiger partial charge in [0.25, 0.3) is 0 Å². The molecule has 4 atom stereocenters. The third-order valence-corrected chi connectivity index (χ3v) is 4.99. The summed E-state index contributed by atoms with van der Waals surface area (Å²) in [5.74, 6) is 1.58. The van der Waals surface area contributed by atoms with E-state index >= 15 is 0 Å². The summed E-state index contributed by atoms with van der Waals surface area (Å²) in [4.78, 5) is 7.50. The molecule has 1 aromatic rings. The smallest absolute Gasteiger partial charge is 0.165 e. The number of hydrogen-bond donors (Lipinski definition) is 2. The van der Waals surface area contributed by atoms with Gasteiger partial charge in [0.15, 0.2) is 5.16 Å². The summed E-state index contributed by atoms with van der Waals surface area (Å²) >= 11 is 1.88. The Morgan fingerprint density at radius 1 is 1.44 bits per heavy atom. The summed E-state index contributed by atoms with van der Waals surface area (Å²) in [6, 6.07) is 0.605. The highest BCUT2D eigenvalue weighted by molar-refractivity contribution is 7.99. The van der Waals surface area contributed by atoms with Gasteiger partial charge in [-0.25, -0.2) is 4.98 Å². The maximum Gasteiger partial charge on any atom is 0.165 e. The second kappa shape index (κ2) is 5.23. The van der Waals surface area contributed by atoms with Crippen LogP contribution >= 0.6 is 11.8 Å². The van der Waals surface area contributed by atoms with Crippen LogP contribution in [-0.4, -0.2) is 28.3 Å². The van der Waals surface area contributed by atoms with Crippen LogP contribution in [0.3, 0.4) is 0 Å². The highest BCUT2D eigenvalue weighted by Gasteiger charge is 2.34. The molecule has 1 aromatic heterocycles. The Kier molecular flexibility index (Phi) is 3.92. The van der Waals surface area contributed by atoms with Gasteiger partial charge in [-0.15, -0.1) is 0 Å². The maximum atomic E-state index is 4.31. The minimum Gasteiger partial charge on any atom is -0.340 e. The molecule has 0 amide bonds. The molecular weight excluding hydrogens is 218 g/mol. The zero-order valence-corrected chi connectivity index (χ0v) is 11.1. The Bertz CT molecular complexity index is 312. The van der Waals surface area contributed by atoms with Gasteiger partial charge in [-0.3, -0.25) is 0 Å². The SMILES string of the molecule is CNC1CC(C)CC(C)C1Sc1ncc[nH]1. The Balaban J connectivity index is 2.05. The first-order valence-corrected chi connectivity index (χ1v) is 6.92. The molecule has 1 heterocycles. The van der Waals surface area contributed by atoms with Crippen LogP contribution in [0, 0.1) is 11.8 Å². The molecule has 0 aliphatic heterocycles. The van der Waals surface area contributed by atoms with Crippen molar-refractivity contribution in [3.8, 4) is 0 Å². The summed E-state index contributed by atoms with van der Waals surface area (Å²) in [7, 11) is 2.07. The van der Waals surface area contributed by atoms with Crippen LogP contribution in [-0.2, 0) is 0 Å². The zero-order chi connectivity index (χ0) is 11.5. The van der Waals surface area contributed by atoms with Gasteiger partial charge in [-0.05, 0) is 31.7 Å². The van der Waals surface area contributed by atoms with Gasteiger partial charge in [0.1, 0.15) is 0 Å². The van der Waals surface area contributed by atoms with E-state index in [0.29, 0.717) is 11.3 Å². The number of rotatable bonds is 3. The van der Waals surface area contributed by atoms with Crippen LogP contribution in [0.1, 0.15) is 26.7 Å². The molecule has 1 fully saturated rings. The van der Waals surface area contributed by atoms with E-state index in [0.717, 1.165) is 17.0 Å². The normalized spacial score (nSPS) is 35.2. The fraction of sp³-hybridized carbons (Fsp3) is 0.750. The molecule has 4 unspecified atom stereocenters. The lowest BCUT2D eigenvalue weighted by atomic mass is 9.80. The number of nitrogens with zero attached hydrogens (tertiary/aromatic N) is 1. The Morgan fingerprint density at radius 3 is 2.88 bits per heavy atom. The van der Waals surface area contributed by atoms with Gasteiger partial charge >= 0.3 is 0 Å². The van der Waals surface area contributed by atoms with Crippen molar-refractivity contribution in [1.29, 1.82) is 0 Å². The minimum absolute atomic E-state index is 0.605. The summed E-state index contributed by atoms with van der Waals surface area (Å²) < 4.78 is 0. The molecule has 1 aliphatic rings. The van der Waals surface area contributed by atoms with Crippen molar-refractivity contribution in [2.24, 2.45) is 11.8 Å². The van der Waals surface area contributed by atoms with E-state index < -0.39 is 0 Å². The number of hydrogen-bond acceptors (Lipinski definition) is 3. The van der Waals surface area contributed by atoms with E-state index in [1.807, 2.05) is 24.2 Å². The van der Waals surface area contributed by atoms with Crippen molar-refractivity contribution in [2.75, 3.05) is 7.05 Å². The number of nitrogens with one attached hydrogen (secondary N) is 2. The van der Waals surface area contributed by atoms with Crippen molar-refractivity contribution in [2.45, 2.75) is 43.1 Å². The lowest BCUT2D eigenvalue weighted by Gasteiger charge is -2.38. The standard InChI is InChI=1S/C12H21N3S/c1-8-6-9(2)11(10(7-8)13-3)16-12-14-4-5-15-12/h4-5,8-11,13H,6-7H2,1-3H3,(H,14,15). The molecule has 16 heavy (non-hydrogen) atoms. The lowest BCUT2D eigenvalue weighted by molar-refractivity contribution is 0.257. The lowest BCUT2D eigenvalue weighted by Crippen LogP contribution is -2.44. The molecule has 0 spiro atoms. The van der Waals surface area contributed by atoms with Gasteiger partial charge in [-0.2, -0.15) is 0 Å². The fourth-order valence-corrected chi connectivity index (χ4v) is 4.02. The maximum absolute atomic E-state index is 4.31. The molecule has 0 saturated heterocycles. The van der Waals surface area contributed by atoms with Crippen LogP contribution in [0.25, 0.3) is 0 Å². The van der Waals surface area contributed by atoms with E-state index in [1.54, 1.807) is 0 Å². The van der Waals surface area contributed by atoms with Crippen molar-refractivity contribution in [3.05, 3.63) is 12.4 Å². The third-order valence-electron chi connectivity index (χ3n) is 3.48. The molecule has 0 aromatic carbocycles. The largest absolute Gasteiger partial charge is 0.340 e. The number of H-pyrrole nitrogens is 1. The Hall–Kier alpha value is -0.480. The van der Waals surface area contributed by atoms with Crippen LogP contribution < -0.4 is 5.32 Å². The van der Waals surface area contributed by atoms with Gasteiger partial charge in [0, 0.05) is 23.7 Å². The average Bonchev–Trinajstić information content (AvgIpc) is 2.74. The summed E-state index contributed by atoms with van der Waals surface area (Å²) in [6.45, 7) is 4.72. The average molecular weight is 239 g/mol. The molecule has 0 radical (unpaired) electrons.